The Hall–Kier alpha value is -0.980. The van der Waals surface area contributed by atoms with Crippen molar-refractivity contribution in [2.45, 2.75) is 25.4 Å². The predicted octanol–water partition coefficient (Wildman–Crippen LogP) is 0.684. The molecule has 5 nitrogen and oxygen atoms in total. The molecule has 3 N–H and O–H groups in total. The molecule has 0 aliphatic rings. The summed E-state index contributed by atoms with van der Waals surface area (Å²) in [6.45, 7) is 2.22. The quantitative estimate of drug-likeness (QED) is 0.770. The van der Waals surface area contributed by atoms with Gasteiger partial charge < -0.3 is 15.8 Å². The number of carbonyl (C=O) groups excluding carboxylic acids is 1. The first-order valence-electron chi connectivity index (χ1n) is 5.13. The first-order valence-corrected chi connectivity index (χ1v) is 6.01. The maximum absolute atomic E-state index is 11.7. The van der Waals surface area contributed by atoms with Gasteiger partial charge in [0.15, 0.2) is 0 Å². The van der Waals surface area contributed by atoms with Crippen LogP contribution in [0.1, 0.15) is 24.4 Å². The first kappa shape index (κ1) is 13.1. The van der Waals surface area contributed by atoms with Crippen LogP contribution in [0.15, 0.2) is 11.6 Å². The number of nitrogens with two attached hydrogens (primary N) is 1. The van der Waals surface area contributed by atoms with E-state index in [1.54, 1.807) is 6.20 Å². The first-order chi connectivity index (χ1) is 7.69. The van der Waals surface area contributed by atoms with Crippen LogP contribution in [-0.2, 0) is 9.53 Å². The molecule has 0 bridgehead atoms. The van der Waals surface area contributed by atoms with Crippen LogP contribution in [0.5, 0.6) is 0 Å². The zero-order valence-electron chi connectivity index (χ0n) is 9.47. The Bertz CT molecular complexity index is 316. The molecule has 0 aliphatic carbocycles. The van der Waals surface area contributed by atoms with Crippen molar-refractivity contribution >= 4 is 17.2 Å². The smallest absolute Gasteiger partial charge is 0.239 e. The molecule has 6 heteroatoms. The summed E-state index contributed by atoms with van der Waals surface area (Å²) in [6, 6.07) is -0.686. The van der Waals surface area contributed by atoms with Gasteiger partial charge in [0.1, 0.15) is 11.0 Å². The summed E-state index contributed by atoms with van der Waals surface area (Å²) in [4.78, 5) is 15.8. The van der Waals surface area contributed by atoms with E-state index in [1.807, 2.05) is 12.3 Å². The Morgan fingerprint density at radius 3 is 3.00 bits per heavy atom. The molecule has 0 fully saturated rings. The van der Waals surface area contributed by atoms with E-state index in [4.69, 9.17) is 10.5 Å². The van der Waals surface area contributed by atoms with E-state index < -0.39 is 6.04 Å². The minimum absolute atomic E-state index is 0.0598. The Morgan fingerprint density at radius 2 is 2.50 bits per heavy atom. The molecule has 0 spiro atoms. The summed E-state index contributed by atoms with van der Waals surface area (Å²) >= 11 is 1.52. The third-order valence-electron chi connectivity index (χ3n) is 2.16. The van der Waals surface area contributed by atoms with Crippen LogP contribution in [0, 0.1) is 0 Å². The Labute approximate surface area is 99.0 Å². The van der Waals surface area contributed by atoms with Gasteiger partial charge >= 0.3 is 0 Å². The summed E-state index contributed by atoms with van der Waals surface area (Å²) in [7, 11) is 1.52. The number of nitrogens with one attached hydrogen (secondary N) is 1. The molecule has 0 radical (unpaired) electrons. The third kappa shape index (κ3) is 3.55. The minimum atomic E-state index is -0.626. The minimum Gasteiger partial charge on any atom is -0.383 e. The van der Waals surface area contributed by atoms with Crippen molar-refractivity contribution in [1.29, 1.82) is 0 Å². The molecule has 1 aromatic heterocycles. The molecule has 90 valence electrons. The molecule has 1 heterocycles. The van der Waals surface area contributed by atoms with Crippen molar-refractivity contribution in [3.63, 3.8) is 0 Å². The number of rotatable bonds is 6. The zero-order chi connectivity index (χ0) is 12.0. The molecule has 0 saturated heterocycles. The summed E-state index contributed by atoms with van der Waals surface area (Å²) in [5.41, 5.74) is 5.63. The maximum atomic E-state index is 11.7. The van der Waals surface area contributed by atoms with Gasteiger partial charge in [-0.2, -0.15) is 0 Å². The van der Waals surface area contributed by atoms with E-state index in [0.717, 1.165) is 11.4 Å². The second kappa shape index (κ2) is 6.57. The van der Waals surface area contributed by atoms with Crippen LogP contribution in [-0.4, -0.2) is 30.6 Å². The SMILES string of the molecule is CCC(NC(=O)C(N)COC)c1nccs1. The van der Waals surface area contributed by atoms with Crippen molar-refractivity contribution in [3.05, 3.63) is 16.6 Å². The van der Waals surface area contributed by atoms with E-state index >= 15 is 0 Å². The molecular formula is C10H17N3O2S. The average Bonchev–Trinajstić information content (AvgIpc) is 2.79. The molecule has 1 amide bonds. The summed E-state index contributed by atoms with van der Waals surface area (Å²) in [5.74, 6) is -0.205. The molecule has 2 unspecified atom stereocenters. The largest absolute Gasteiger partial charge is 0.383 e. The summed E-state index contributed by atoms with van der Waals surface area (Å²) < 4.78 is 4.83. The lowest BCUT2D eigenvalue weighted by atomic mass is 10.2. The zero-order valence-corrected chi connectivity index (χ0v) is 10.3. The van der Waals surface area contributed by atoms with Crippen LogP contribution >= 0.6 is 11.3 Å². The highest BCUT2D eigenvalue weighted by molar-refractivity contribution is 7.09. The molecular weight excluding hydrogens is 226 g/mol. The topological polar surface area (TPSA) is 77.2 Å². The molecule has 0 saturated carbocycles. The number of ether oxygens (including phenoxy) is 1. The van der Waals surface area contributed by atoms with Gasteiger partial charge in [-0.1, -0.05) is 6.92 Å². The van der Waals surface area contributed by atoms with Gasteiger partial charge in [-0.15, -0.1) is 11.3 Å². The molecule has 16 heavy (non-hydrogen) atoms. The van der Waals surface area contributed by atoms with Crippen molar-refractivity contribution in [2.75, 3.05) is 13.7 Å². The molecule has 0 aliphatic heterocycles. The molecule has 2 atom stereocenters. The van der Waals surface area contributed by atoms with Gasteiger partial charge in [-0.05, 0) is 6.42 Å². The summed E-state index contributed by atoms with van der Waals surface area (Å²) in [6.07, 6.45) is 2.52. The number of aromatic nitrogens is 1. The van der Waals surface area contributed by atoms with Crippen LogP contribution in [0.2, 0.25) is 0 Å². The van der Waals surface area contributed by atoms with E-state index in [-0.39, 0.29) is 18.6 Å². The monoisotopic (exact) mass is 243 g/mol. The fourth-order valence-electron chi connectivity index (χ4n) is 1.28. The fourth-order valence-corrected chi connectivity index (χ4v) is 2.05. The Kier molecular flexibility index (Phi) is 5.37. The van der Waals surface area contributed by atoms with Crippen LogP contribution in [0.4, 0.5) is 0 Å². The lowest BCUT2D eigenvalue weighted by molar-refractivity contribution is -0.124. The van der Waals surface area contributed by atoms with E-state index in [2.05, 4.69) is 10.3 Å². The van der Waals surface area contributed by atoms with E-state index in [0.29, 0.717) is 0 Å². The number of thiazole rings is 1. The van der Waals surface area contributed by atoms with Gasteiger partial charge in [-0.25, -0.2) is 4.98 Å². The van der Waals surface area contributed by atoms with Gasteiger partial charge in [0.05, 0.1) is 12.6 Å². The van der Waals surface area contributed by atoms with Crippen molar-refractivity contribution in [3.8, 4) is 0 Å². The second-order valence-electron chi connectivity index (χ2n) is 3.40. The normalized spacial score (nSPS) is 14.4. The van der Waals surface area contributed by atoms with E-state index in [1.165, 1.54) is 18.4 Å². The molecule has 0 aromatic carbocycles. The summed E-state index contributed by atoms with van der Waals surface area (Å²) in [5, 5.41) is 5.65. The van der Waals surface area contributed by atoms with Crippen LogP contribution in [0.25, 0.3) is 0 Å². The fraction of sp³-hybridized carbons (Fsp3) is 0.600. The van der Waals surface area contributed by atoms with Gasteiger partial charge in [-0.3, -0.25) is 4.79 Å². The second-order valence-corrected chi connectivity index (χ2v) is 4.33. The van der Waals surface area contributed by atoms with Crippen molar-refractivity contribution in [2.24, 2.45) is 5.73 Å². The van der Waals surface area contributed by atoms with E-state index in [9.17, 15) is 4.79 Å². The third-order valence-corrected chi connectivity index (χ3v) is 3.05. The highest BCUT2D eigenvalue weighted by atomic mass is 32.1. The number of hydrogen-bond acceptors (Lipinski definition) is 5. The number of methoxy groups -OCH3 is 1. The number of nitrogens with zero attached hydrogens (tertiary/aromatic N) is 1. The van der Waals surface area contributed by atoms with Crippen molar-refractivity contribution in [1.82, 2.24) is 10.3 Å². The van der Waals surface area contributed by atoms with Crippen LogP contribution < -0.4 is 11.1 Å². The highest BCUT2D eigenvalue weighted by Gasteiger charge is 2.19. The number of amides is 1. The van der Waals surface area contributed by atoms with Gasteiger partial charge in [0, 0.05) is 18.7 Å². The maximum Gasteiger partial charge on any atom is 0.239 e. The van der Waals surface area contributed by atoms with Crippen molar-refractivity contribution < 1.29 is 9.53 Å². The van der Waals surface area contributed by atoms with Gasteiger partial charge in [0.25, 0.3) is 0 Å². The molecule has 1 rings (SSSR count). The number of carbonyl (C=O) groups is 1. The lowest BCUT2D eigenvalue weighted by Crippen LogP contribution is -2.44. The number of hydrogen-bond donors (Lipinski definition) is 2. The predicted molar refractivity (Wildman–Crippen MR) is 63.1 cm³/mol. The van der Waals surface area contributed by atoms with Crippen LogP contribution in [0.3, 0.4) is 0 Å². The highest BCUT2D eigenvalue weighted by Crippen LogP contribution is 2.18. The molecule has 1 aromatic rings. The Balaban J connectivity index is 2.54. The Morgan fingerprint density at radius 1 is 1.75 bits per heavy atom. The average molecular weight is 243 g/mol. The standard InChI is InChI=1S/C10H17N3O2S/c1-3-8(10-12-4-5-16-10)13-9(14)7(11)6-15-2/h4-5,7-8H,3,6,11H2,1-2H3,(H,13,14). The lowest BCUT2D eigenvalue weighted by Gasteiger charge is -2.17. The van der Waals surface area contributed by atoms with Gasteiger partial charge in [0.2, 0.25) is 5.91 Å².